The molecule has 1 amide bonds. The van der Waals surface area contributed by atoms with Crippen molar-refractivity contribution in [2.24, 2.45) is 0 Å². The molecule has 0 saturated heterocycles. The third-order valence-electron chi connectivity index (χ3n) is 3.96. The van der Waals surface area contributed by atoms with Gasteiger partial charge in [-0.1, -0.05) is 18.7 Å². The molecule has 2 aromatic carbocycles. The number of nitrogens with one attached hydrogen (secondary N) is 2. The Hall–Kier alpha value is -2.18. The molecule has 0 atom stereocenters. The van der Waals surface area contributed by atoms with Crippen LogP contribution in [0.2, 0.25) is 0 Å². The summed E-state index contributed by atoms with van der Waals surface area (Å²) in [5.74, 6) is -0.309. The molecule has 5 nitrogen and oxygen atoms in total. The first-order valence-corrected chi connectivity index (χ1v) is 8.81. The molecule has 6 heteroatoms. The Morgan fingerprint density at radius 2 is 1.87 bits per heavy atom. The van der Waals surface area contributed by atoms with Gasteiger partial charge in [0.05, 0.1) is 4.90 Å². The molecule has 0 heterocycles. The van der Waals surface area contributed by atoms with Gasteiger partial charge in [-0.3, -0.25) is 4.79 Å². The zero-order chi connectivity index (χ0) is 16.7. The van der Waals surface area contributed by atoms with E-state index in [-0.39, 0.29) is 16.3 Å². The van der Waals surface area contributed by atoms with E-state index < -0.39 is 10.0 Å². The average Bonchev–Trinajstić information content (AvgIpc) is 3.22. The van der Waals surface area contributed by atoms with Crippen LogP contribution in [0.25, 0.3) is 10.8 Å². The van der Waals surface area contributed by atoms with Crippen molar-refractivity contribution in [3.05, 3.63) is 49.1 Å². The predicted octanol–water partition coefficient (Wildman–Crippen LogP) is 2.80. The van der Waals surface area contributed by atoms with Gasteiger partial charge in [0.2, 0.25) is 15.9 Å². The summed E-state index contributed by atoms with van der Waals surface area (Å²) in [6, 6.07) is 10.3. The Bertz CT molecular complexity index is 899. The molecule has 0 unspecified atom stereocenters. The van der Waals surface area contributed by atoms with E-state index in [0.717, 1.165) is 23.6 Å². The highest BCUT2D eigenvalue weighted by Gasteiger charge is 2.41. The van der Waals surface area contributed by atoms with Gasteiger partial charge in [-0.05, 0) is 60.9 Å². The lowest BCUT2D eigenvalue weighted by atomic mass is 10.1. The summed E-state index contributed by atoms with van der Waals surface area (Å²) in [7, 11) is -3.54. The first-order valence-electron chi connectivity index (χ1n) is 7.33. The van der Waals surface area contributed by atoms with Crippen LogP contribution in [0.15, 0.2) is 53.9 Å². The standard InChI is InChI=1S/C17H18N2O3S/c1-3-16(20)18-14-6-4-12-5-7-15(11-13(12)10-14)23(21,22)19-17(2)8-9-17/h3-7,10-11,19H,1,8-9H2,2H3,(H,18,20). The second-order valence-corrected chi connectivity index (χ2v) is 7.77. The van der Waals surface area contributed by atoms with E-state index in [2.05, 4.69) is 16.6 Å². The lowest BCUT2D eigenvalue weighted by molar-refractivity contribution is -0.111. The summed E-state index contributed by atoms with van der Waals surface area (Å²) in [4.78, 5) is 11.6. The Balaban J connectivity index is 1.96. The number of anilines is 1. The third kappa shape index (κ3) is 3.43. The normalized spacial score (nSPS) is 16.0. The van der Waals surface area contributed by atoms with E-state index in [4.69, 9.17) is 0 Å². The van der Waals surface area contributed by atoms with Gasteiger partial charge in [0.1, 0.15) is 0 Å². The van der Waals surface area contributed by atoms with Crippen LogP contribution in [-0.2, 0) is 14.8 Å². The van der Waals surface area contributed by atoms with Gasteiger partial charge in [0.15, 0.2) is 0 Å². The number of carbonyl (C=O) groups is 1. The number of sulfonamides is 1. The van der Waals surface area contributed by atoms with Crippen LogP contribution in [0.3, 0.4) is 0 Å². The molecule has 0 aliphatic heterocycles. The Kier molecular flexibility index (Phi) is 3.74. The van der Waals surface area contributed by atoms with Gasteiger partial charge in [0.25, 0.3) is 0 Å². The molecule has 1 aliphatic carbocycles. The number of hydrogen-bond donors (Lipinski definition) is 2. The molecule has 1 saturated carbocycles. The molecule has 2 N–H and O–H groups in total. The van der Waals surface area contributed by atoms with Crippen LogP contribution >= 0.6 is 0 Å². The molecule has 0 aromatic heterocycles. The van der Waals surface area contributed by atoms with Crippen molar-refractivity contribution in [1.82, 2.24) is 4.72 Å². The van der Waals surface area contributed by atoms with E-state index >= 15 is 0 Å². The molecule has 120 valence electrons. The quantitative estimate of drug-likeness (QED) is 0.828. The zero-order valence-corrected chi connectivity index (χ0v) is 13.6. The molecular formula is C17H18N2O3S. The summed E-state index contributed by atoms with van der Waals surface area (Å²) >= 11 is 0. The van der Waals surface area contributed by atoms with Crippen LogP contribution in [0.4, 0.5) is 5.69 Å². The largest absolute Gasteiger partial charge is 0.323 e. The molecule has 0 bridgehead atoms. The second-order valence-electron chi connectivity index (χ2n) is 6.08. The minimum Gasteiger partial charge on any atom is -0.323 e. The van der Waals surface area contributed by atoms with Crippen LogP contribution < -0.4 is 10.0 Å². The van der Waals surface area contributed by atoms with Crippen LogP contribution in [0, 0.1) is 0 Å². The molecule has 23 heavy (non-hydrogen) atoms. The summed E-state index contributed by atoms with van der Waals surface area (Å²) in [6.45, 7) is 5.30. The van der Waals surface area contributed by atoms with Crippen LogP contribution in [0.5, 0.6) is 0 Å². The fourth-order valence-corrected chi connectivity index (χ4v) is 3.84. The van der Waals surface area contributed by atoms with E-state index in [1.807, 2.05) is 13.0 Å². The summed E-state index contributed by atoms with van der Waals surface area (Å²) in [5.41, 5.74) is 0.284. The summed E-state index contributed by atoms with van der Waals surface area (Å²) < 4.78 is 27.6. The van der Waals surface area contributed by atoms with E-state index in [0.29, 0.717) is 5.69 Å². The monoisotopic (exact) mass is 330 g/mol. The second kappa shape index (κ2) is 5.47. The minimum absolute atomic E-state index is 0.227. The number of benzene rings is 2. The Morgan fingerprint density at radius 1 is 1.17 bits per heavy atom. The Labute approximate surface area is 135 Å². The fraction of sp³-hybridized carbons (Fsp3) is 0.235. The predicted molar refractivity (Wildman–Crippen MR) is 90.7 cm³/mol. The smallest absolute Gasteiger partial charge is 0.247 e. The lowest BCUT2D eigenvalue weighted by Crippen LogP contribution is -2.34. The molecule has 0 radical (unpaired) electrons. The van der Waals surface area contributed by atoms with Gasteiger partial charge in [-0.2, -0.15) is 0 Å². The van der Waals surface area contributed by atoms with Crippen molar-refractivity contribution in [1.29, 1.82) is 0 Å². The summed E-state index contributed by atoms with van der Waals surface area (Å²) in [5, 5.41) is 4.32. The highest BCUT2D eigenvalue weighted by molar-refractivity contribution is 7.89. The molecular weight excluding hydrogens is 312 g/mol. The molecule has 1 fully saturated rings. The average molecular weight is 330 g/mol. The van der Waals surface area contributed by atoms with Crippen LogP contribution in [-0.4, -0.2) is 19.9 Å². The Morgan fingerprint density at radius 3 is 2.52 bits per heavy atom. The van der Waals surface area contributed by atoms with E-state index in [1.54, 1.807) is 30.3 Å². The van der Waals surface area contributed by atoms with Crippen molar-refractivity contribution >= 4 is 32.4 Å². The van der Waals surface area contributed by atoms with Gasteiger partial charge < -0.3 is 5.32 Å². The summed E-state index contributed by atoms with van der Waals surface area (Å²) in [6.07, 6.45) is 2.90. The number of fused-ring (bicyclic) bond motifs is 1. The topological polar surface area (TPSA) is 75.3 Å². The van der Waals surface area contributed by atoms with Gasteiger partial charge in [0, 0.05) is 11.2 Å². The fourth-order valence-electron chi connectivity index (χ4n) is 2.34. The molecule has 2 aromatic rings. The molecule has 0 spiro atoms. The van der Waals surface area contributed by atoms with Crippen molar-refractivity contribution in [2.75, 3.05) is 5.32 Å². The highest BCUT2D eigenvalue weighted by Crippen LogP contribution is 2.36. The molecule has 3 rings (SSSR count). The third-order valence-corrected chi connectivity index (χ3v) is 5.59. The zero-order valence-electron chi connectivity index (χ0n) is 12.8. The lowest BCUT2D eigenvalue weighted by Gasteiger charge is -2.13. The maximum absolute atomic E-state index is 12.4. The minimum atomic E-state index is -3.54. The van der Waals surface area contributed by atoms with E-state index in [9.17, 15) is 13.2 Å². The maximum Gasteiger partial charge on any atom is 0.247 e. The first kappa shape index (κ1) is 15.7. The van der Waals surface area contributed by atoms with E-state index in [1.165, 1.54) is 6.08 Å². The van der Waals surface area contributed by atoms with Crippen molar-refractivity contribution in [3.8, 4) is 0 Å². The van der Waals surface area contributed by atoms with Gasteiger partial charge in [-0.25, -0.2) is 13.1 Å². The number of carbonyl (C=O) groups excluding carboxylic acids is 1. The number of amides is 1. The highest BCUT2D eigenvalue weighted by atomic mass is 32.2. The maximum atomic E-state index is 12.4. The molecule has 1 aliphatic rings. The van der Waals surface area contributed by atoms with Crippen LogP contribution in [0.1, 0.15) is 19.8 Å². The van der Waals surface area contributed by atoms with Gasteiger partial charge >= 0.3 is 0 Å². The number of hydrogen-bond acceptors (Lipinski definition) is 3. The van der Waals surface area contributed by atoms with Crippen molar-refractivity contribution in [3.63, 3.8) is 0 Å². The first-order chi connectivity index (χ1) is 10.8. The SMILES string of the molecule is C=CC(=O)Nc1ccc2ccc(S(=O)(=O)NC3(C)CC3)cc2c1. The van der Waals surface area contributed by atoms with Crippen molar-refractivity contribution in [2.45, 2.75) is 30.2 Å². The van der Waals surface area contributed by atoms with Gasteiger partial charge in [-0.15, -0.1) is 0 Å². The van der Waals surface area contributed by atoms with Crippen molar-refractivity contribution < 1.29 is 13.2 Å². The number of rotatable bonds is 5.